The summed E-state index contributed by atoms with van der Waals surface area (Å²) in [4.78, 5) is 41.8. The molecule has 0 spiro atoms. The number of ether oxygens (including phenoxy) is 5. The molecule has 4 aromatic rings. The van der Waals surface area contributed by atoms with Crippen LogP contribution in [0.2, 0.25) is 5.02 Å². The van der Waals surface area contributed by atoms with Crippen LogP contribution in [0.3, 0.4) is 0 Å². The number of aromatic amines is 1. The maximum atomic E-state index is 11.8. The summed E-state index contributed by atoms with van der Waals surface area (Å²) in [6.07, 6.45) is 3.10. The van der Waals surface area contributed by atoms with Gasteiger partial charge in [0.25, 0.3) is 0 Å². The molecule has 2 aromatic carbocycles. The number of methoxy groups -OCH3 is 3. The van der Waals surface area contributed by atoms with E-state index < -0.39 is 11.9 Å². The number of nitrogens with zero attached hydrogens (tertiary/aromatic N) is 1. The highest BCUT2D eigenvalue weighted by Gasteiger charge is 2.17. The summed E-state index contributed by atoms with van der Waals surface area (Å²) in [5, 5.41) is 10.7. The Labute approximate surface area is 228 Å². The van der Waals surface area contributed by atoms with E-state index in [1.807, 2.05) is 0 Å². The van der Waals surface area contributed by atoms with Gasteiger partial charge in [-0.2, -0.15) is 0 Å². The van der Waals surface area contributed by atoms with Gasteiger partial charge in [-0.1, -0.05) is 11.6 Å². The molecule has 39 heavy (non-hydrogen) atoms. The van der Waals surface area contributed by atoms with Crippen LogP contribution in [0.15, 0.2) is 53.6 Å². The van der Waals surface area contributed by atoms with Crippen molar-refractivity contribution < 1.29 is 38.4 Å². The van der Waals surface area contributed by atoms with Crippen LogP contribution in [0.1, 0.15) is 20.7 Å². The fraction of sp³-hybridized carbons (Fsp3) is 0.259. The molecule has 0 radical (unpaired) electrons. The fourth-order valence-electron chi connectivity index (χ4n) is 3.49. The molecule has 11 nitrogen and oxygen atoms in total. The lowest BCUT2D eigenvalue weighted by atomic mass is 10.1. The van der Waals surface area contributed by atoms with Crippen molar-refractivity contribution in [1.82, 2.24) is 9.97 Å². The molecule has 0 aliphatic carbocycles. The molecule has 0 fully saturated rings. The fourth-order valence-corrected chi connectivity index (χ4v) is 3.69. The number of aromatic nitrogens is 2. The van der Waals surface area contributed by atoms with Crippen LogP contribution in [0.4, 0.5) is 0 Å². The second kappa shape index (κ2) is 14.1. The number of hydrogen-bond donors (Lipinski definition) is 2. The maximum absolute atomic E-state index is 11.8. The van der Waals surface area contributed by atoms with Crippen molar-refractivity contribution in [3.8, 4) is 11.5 Å². The molecule has 0 aliphatic rings. The number of hydrogen-bond acceptors (Lipinski definition) is 9. The monoisotopic (exact) mass is 558 g/mol. The van der Waals surface area contributed by atoms with Crippen molar-refractivity contribution in [2.24, 2.45) is 0 Å². The van der Waals surface area contributed by atoms with Crippen LogP contribution in [-0.2, 0) is 14.2 Å². The highest BCUT2D eigenvalue weighted by molar-refractivity contribution is 6.35. The van der Waals surface area contributed by atoms with E-state index in [9.17, 15) is 14.4 Å². The number of esters is 1. The molecule has 2 aromatic heterocycles. The molecule has 0 bridgehead atoms. The van der Waals surface area contributed by atoms with Crippen molar-refractivity contribution in [2.75, 3.05) is 47.8 Å². The van der Waals surface area contributed by atoms with Crippen LogP contribution in [0, 0.1) is 0 Å². The van der Waals surface area contributed by atoms with Gasteiger partial charge in [-0.15, -0.1) is 0 Å². The molecular weight excluding hydrogens is 532 g/mol. The number of carboxylic acid groups (broad SMARTS) is 1. The Bertz CT molecular complexity index is 1520. The Morgan fingerprint density at radius 1 is 0.897 bits per heavy atom. The molecule has 0 aliphatic heterocycles. The van der Waals surface area contributed by atoms with Crippen LogP contribution >= 0.6 is 11.6 Å². The number of nitrogens with one attached hydrogen (secondary N) is 1. The Hall–Kier alpha value is -4.19. The third kappa shape index (κ3) is 7.44. The highest BCUT2D eigenvalue weighted by atomic mass is 35.5. The van der Waals surface area contributed by atoms with E-state index >= 15 is 0 Å². The molecular formula is C27H27ClN2O9. The van der Waals surface area contributed by atoms with Crippen molar-refractivity contribution in [2.45, 2.75) is 0 Å². The van der Waals surface area contributed by atoms with E-state index in [2.05, 4.69) is 9.97 Å². The van der Waals surface area contributed by atoms with Gasteiger partial charge in [-0.05, 0) is 18.2 Å². The molecule has 2 N–H and O–H groups in total. The molecule has 0 atom stereocenters. The van der Waals surface area contributed by atoms with Gasteiger partial charge in [0.05, 0.1) is 36.4 Å². The van der Waals surface area contributed by atoms with Crippen LogP contribution in [0.25, 0.3) is 21.8 Å². The van der Waals surface area contributed by atoms with Gasteiger partial charge in [-0.3, -0.25) is 9.78 Å². The average Bonchev–Trinajstić information content (AvgIpc) is 2.93. The number of aromatic carboxylic acids is 1. The van der Waals surface area contributed by atoms with Crippen LogP contribution in [0.5, 0.6) is 11.5 Å². The number of H-pyrrole nitrogens is 1. The zero-order valence-electron chi connectivity index (χ0n) is 21.5. The SMILES string of the molecule is COCCOc1cc2[nH]ccc(=O)c2cc1C(=O)O.COCCOc1cc2nccc(Cl)c2cc1C(=O)OC. The summed E-state index contributed by atoms with van der Waals surface area (Å²) in [6.45, 7) is 1.33. The van der Waals surface area contributed by atoms with Gasteiger partial charge in [0.1, 0.15) is 35.8 Å². The number of rotatable bonds is 10. The first-order valence-corrected chi connectivity index (χ1v) is 12.0. The Morgan fingerprint density at radius 3 is 2.15 bits per heavy atom. The van der Waals surface area contributed by atoms with Gasteiger partial charge in [-0.25, -0.2) is 9.59 Å². The lowest BCUT2D eigenvalue weighted by Crippen LogP contribution is -2.10. The molecule has 0 amide bonds. The predicted octanol–water partition coefficient (Wildman–Crippen LogP) is 3.95. The molecule has 4 rings (SSSR count). The normalized spacial score (nSPS) is 10.6. The zero-order chi connectivity index (χ0) is 28.4. The van der Waals surface area contributed by atoms with E-state index in [4.69, 9.17) is 40.4 Å². The molecule has 2 heterocycles. The largest absolute Gasteiger partial charge is 0.490 e. The number of pyridine rings is 2. The van der Waals surface area contributed by atoms with Crippen molar-refractivity contribution in [3.63, 3.8) is 0 Å². The number of halogens is 1. The third-order valence-electron chi connectivity index (χ3n) is 5.37. The minimum Gasteiger partial charge on any atom is -0.490 e. The standard InChI is InChI=1S/C14H14ClNO4.C13H13NO5/c1-18-5-6-20-13-8-12-9(11(15)3-4-16-12)7-10(13)14(17)19-2;1-18-4-5-19-12-7-10-8(6-9(12)13(16)17)11(15)2-3-14-10/h3-4,7-8H,5-6H2,1-2H3;2-3,6-7H,4-5H2,1H3,(H,14,15)(H,16,17). The number of benzene rings is 2. The molecule has 0 saturated carbocycles. The van der Waals surface area contributed by atoms with E-state index in [1.165, 1.54) is 38.6 Å². The summed E-state index contributed by atoms with van der Waals surface area (Å²) in [6, 6.07) is 9.13. The first-order valence-electron chi connectivity index (χ1n) is 11.6. The van der Waals surface area contributed by atoms with Gasteiger partial charge in [0.2, 0.25) is 0 Å². The maximum Gasteiger partial charge on any atom is 0.341 e. The predicted molar refractivity (Wildman–Crippen MR) is 144 cm³/mol. The Balaban J connectivity index is 0.000000216. The number of carbonyl (C=O) groups excluding carboxylic acids is 1. The topological polar surface area (TPSA) is 146 Å². The highest BCUT2D eigenvalue weighted by Crippen LogP contribution is 2.30. The van der Waals surface area contributed by atoms with Gasteiger partial charge in [0.15, 0.2) is 5.43 Å². The van der Waals surface area contributed by atoms with Gasteiger partial charge >= 0.3 is 11.9 Å². The quantitative estimate of drug-likeness (QED) is 0.216. The smallest absolute Gasteiger partial charge is 0.341 e. The van der Waals surface area contributed by atoms with E-state index in [0.29, 0.717) is 58.0 Å². The summed E-state index contributed by atoms with van der Waals surface area (Å²) in [7, 11) is 4.42. The minimum atomic E-state index is -1.14. The summed E-state index contributed by atoms with van der Waals surface area (Å²) >= 11 is 6.10. The van der Waals surface area contributed by atoms with E-state index in [-0.39, 0.29) is 23.3 Å². The van der Waals surface area contributed by atoms with E-state index in [1.54, 1.807) is 31.5 Å². The molecule has 0 saturated heterocycles. The second-order valence-electron chi connectivity index (χ2n) is 7.87. The number of fused-ring (bicyclic) bond motifs is 2. The molecule has 12 heteroatoms. The van der Waals surface area contributed by atoms with E-state index in [0.717, 1.165) is 0 Å². The summed E-state index contributed by atoms with van der Waals surface area (Å²) in [5.41, 5.74) is 1.22. The van der Waals surface area contributed by atoms with Crippen molar-refractivity contribution in [1.29, 1.82) is 0 Å². The van der Waals surface area contributed by atoms with Crippen molar-refractivity contribution in [3.05, 3.63) is 75.2 Å². The van der Waals surface area contributed by atoms with Gasteiger partial charge in [0, 0.05) is 55.6 Å². The number of carboxylic acids is 1. The summed E-state index contributed by atoms with van der Waals surface area (Å²) in [5.74, 6) is -1.02. The zero-order valence-corrected chi connectivity index (χ0v) is 22.2. The van der Waals surface area contributed by atoms with Crippen LogP contribution in [-0.4, -0.2) is 74.8 Å². The summed E-state index contributed by atoms with van der Waals surface area (Å²) < 4.78 is 25.4. The minimum absolute atomic E-state index is 0.0414. The van der Waals surface area contributed by atoms with Gasteiger partial charge < -0.3 is 33.8 Å². The second-order valence-corrected chi connectivity index (χ2v) is 8.28. The first kappa shape index (κ1) is 29.4. The lowest BCUT2D eigenvalue weighted by Gasteiger charge is -2.11. The number of carbonyl (C=O) groups is 2. The lowest BCUT2D eigenvalue weighted by molar-refractivity contribution is 0.0593. The Kier molecular flexibility index (Phi) is 10.6. The Morgan fingerprint density at radius 2 is 1.54 bits per heavy atom. The first-order chi connectivity index (χ1) is 18.8. The van der Waals surface area contributed by atoms with Crippen LogP contribution < -0.4 is 14.9 Å². The average molecular weight is 559 g/mol. The van der Waals surface area contributed by atoms with Crippen molar-refractivity contribution >= 4 is 45.3 Å². The third-order valence-corrected chi connectivity index (χ3v) is 5.70. The molecule has 206 valence electrons. The molecule has 0 unspecified atom stereocenters.